The number of amides is 1. The lowest BCUT2D eigenvalue weighted by Gasteiger charge is -2.11. The Morgan fingerprint density at radius 1 is 1.41 bits per heavy atom. The van der Waals surface area contributed by atoms with Crippen LogP contribution in [0.2, 0.25) is 0 Å². The van der Waals surface area contributed by atoms with Crippen LogP contribution in [0, 0.1) is 6.92 Å². The fourth-order valence-electron chi connectivity index (χ4n) is 1.48. The first-order valence-electron chi connectivity index (χ1n) is 5.56. The van der Waals surface area contributed by atoms with Crippen molar-refractivity contribution in [2.75, 3.05) is 13.1 Å². The van der Waals surface area contributed by atoms with Gasteiger partial charge in [-0.05, 0) is 31.0 Å². The molecule has 0 aliphatic heterocycles. The molecule has 1 aromatic carbocycles. The number of nitrogens with one attached hydrogen (secondary N) is 1. The van der Waals surface area contributed by atoms with Crippen molar-refractivity contribution < 1.29 is 15.1 Å². The molecule has 0 radical (unpaired) electrons. The number of rotatable bonds is 6. The van der Waals surface area contributed by atoms with Crippen LogP contribution >= 0.6 is 0 Å². The van der Waals surface area contributed by atoms with Crippen LogP contribution in [0.15, 0.2) is 24.3 Å². The number of carboxylic acid groups (broad SMARTS) is 1. The lowest BCUT2D eigenvalue weighted by atomic mass is 10.1. The molecule has 3 N–H and O–H groups in total. The van der Waals surface area contributed by atoms with E-state index in [1.807, 2.05) is 12.1 Å². The van der Waals surface area contributed by atoms with Crippen molar-refractivity contribution in [3.8, 4) is 0 Å². The van der Waals surface area contributed by atoms with Crippen LogP contribution < -0.4 is 5.32 Å². The van der Waals surface area contributed by atoms with Gasteiger partial charge in [0.25, 0.3) is 0 Å². The Hall–Kier alpha value is -1.59. The maximum atomic E-state index is 10.3. The molecule has 94 valence electrons. The lowest BCUT2D eigenvalue weighted by molar-refractivity contribution is -0.0640. The van der Waals surface area contributed by atoms with Crippen molar-refractivity contribution in [2.45, 2.75) is 19.9 Å². The predicted molar refractivity (Wildman–Crippen MR) is 64.0 cm³/mol. The van der Waals surface area contributed by atoms with Gasteiger partial charge in [-0.15, -0.1) is 0 Å². The molecular formula is C12H18N2O3. The summed E-state index contributed by atoms with van der Waals surface area (Å²) in [4.78, 5) is 10.3. The molecule has 0 aliphatic rings. The highest BCUT2D eigenvalue weighted by Crippen LogP contribution is 2.05. The number of hydrogen-bond donors (Lipinski definition) is 3. The average molecular weight is 238 g/mol. The Morgan fingerprint density at radius 3 is 2.76 bits per heavy atom. The maximum Gasteiger partial charge on any atom is 0.431 e. The third-order valence-electron chi connectivity index (χ3n) is 2.52. The molecule has 0 fully saturated rings. The van der Waals surface area contributed by atoms with E-state index in [1.54, 1.807) is 0 Å². The smallest absolute Gasteiger partial charge is 0.431 e. The van der Waals surface area contributed by atoms with Gasteiger partial charge in [0, 0.05) is 6.54 Å². The molecule has 0 aliphatic carbocycles. The summed E-state index contributed by atoms with van der Waals surface area (Å²) in [5.74, 6) is 0. The van der Waals surface area contributed by atoms with Gasteiger partial charge in [-0.25, -0.2) is 4.79 Å². The monoisotopic (exact) mass is 238 g/mol. The normalized spacial score (nSPS) is 10.2. The molecule has 5 nitrogen and oxygen atoms in total. The fraction of sp³-hybridized carbons (Fsp3) is 0.417. The summed E-state index contributed by atoms with van der Waals surface area (Å²) in [5.41, 5.74) is 2.46. The van der Waals surface area contributed by atoms with E-state index in [4.69, 9.17) is 10.3 Å². The van der Waals surface area contributed by atoms with Crippen LogP contribution in [0.5, 0.6) is 0 Å². The maximum absolute atomic E-state index is 10.3. The number of carbonyl (C=O) groups is 1. The Morgan fingerprint density at radius 2 is 2.12 bits per heavy atom. The van der Waals surface area contributed by atoms with Gasteiger partial charge in [0.15, 0.2) is 0 Å². The third kappa shape index (κ3) is 4.84. The minimum absolute atomic E-state index is 0.121. The van der Waals surface area contributed by atoms with Crippen molar-refractivity contribution in [3.63, 3.8) is 0 Å². The molecule has 0 saturated carbocycles. The van der Waals surface area contributed by atoms with E-state index in [-0.39, 0.29) is 6.54 Å². The highest BCUT2D eigenvalue weighted by molar-refractivity contribution is 5.63. The first-order chi connectivity index (χ1) is 8.11. The van der Waals surface area contributed by atoms with Crippen molar-refractivity contribution in [3.05, 3.63) is 35.4 Å². The SMILES string of the molecule is Cc1ccccc1CNCCCN(O)C(=O)O. The second kappa shape index (κ2) is 6.88. The minimum Gasteiger partial charge on any atom is -0.463 e. The molecule has 0 bridgehead atoms. The Labute approximate surface area is 101 Å². The summed E-state index contributed by atoms with van der Waals surface area (Å²) in [7, 11) is 0. The van der Waals surface area contributed by atoms with Crippen LogP contribution in [0.1, 0.15) is 17.5 Å². The van der Waals surface area contributed by atoms with Gasteiger partial charge >= 0.3 is 6.09 Å². The van der Waals surface area contributed by atoms with Crippen LogP contribution in [-0.2, 0) is 6.54 Å². The average Bonchev–Trinajstić information content (AvgIpc) is 2.30. The van der Waals surface area contributed by atoms with Crippen LogP contribution in [-0.4, -0.2) is 34.6 Å². The summed E-state index contributed by atoms with van der Waals surface area (Å²) < 4.78 is 0. The van der Waals surface area contributed by atoms with E-state index in [0.29, 0.717) is 18.0 Å². The molecule has 1 aromatic rings. The molecule has 0 heterocycles. The molecule has 5 heteroatoms. The standard InChI is InChI=1S/C12H18N2O3/c1-10-5-2-3-6-11(10)9-13-7-4-8-14(17)12(15)16/h2-3,5-6,13,17H,4,7-9H2,1H3,(H,15,16). The summed E-state index contributed by atoms with van der Waals surface area (Å²) >= 11 is 0. The van der Waals surface area contributed by atoms with Crippen LogP contribution in [0.25, 0.3) is 0 Å². The highest BCUT2D eigenvalue weighted by Gasteiger charge is 2.05. The molecule has 0 atom stereocenters. The zero-order valence-corrected chi connectivity index (χ0v) is 9.89. The van der Waals surface area contributed by atoms with Gasteiger partial charge in [0.2, 0.25) is 0 Å². The summed E-state index contributed by atoms with van der Waals surface area (Å²) in [5, 5.41) is 20.8. The van der Waals surface area contributed by atoms with E-state index in [2.05, 4.69) is 24.4 Å². The van der Waals surface area contributed by atoms with Crippen molar-refractivity contribution >= 4 is 6.09 Å². The molecule has 0 spiro atoms. The second-order valence-electron chi connectivity index (χ2n) is 3.86. The highest BCUT2D eigenvalue weighted by atomic mass is 16.6. The molecule has 1 amide bonds. The quantitative estimate of drug-likeness (QED) is 0.402. The summed E-state index contributed by atoms with van der Waals surface area (Å²) in [6, 6.07) is 8.09. The van der Waals surface area contributed by atoms with Gasteiger partial charge in [-0.3, -0.25) is 5.21 Å². The number of benzene rings is 1. The summed E-state index contributed by atoms with van der Waals surface area (Å²) in [6.45, 7) is 3.59. The van der Waals surface area contributed by atoms with Gasteiger partial charge < -0.3 is 10.4 Å². The van der Waals surface area contributed by atoms with E-state index in [9.17, 15) is 4.79 Å². The molecule has 0 saturated heterocycles. The predicted octanol–water partition coefficient (Wildman–Crippen LogP) is 1.84. The topological polar surface area (TPSA) is 72.8 Å². The Bertz CT molecular complexity index is 369. The first kappa shape index (κ1) is 13.5. The molecular weight excluding hydrogens is 220 g/mol. The van der Waals surface area contributed by atoms with Gasteiger partial charge in [0.1, 0.15) is 0 Å². The van der Waals surface area contributed by atoms with Crippen LogP contribution in [0.4, 0.5) is 4.79 Å². The molecule has 1 rings (SSSR count). The zero-order valence-electron chi connectivity index (χ0n) is 9.89. The second-order valence-corrected chi connectivity index (χ2v) is 3.86. The summed E-state index contributed by atoms with van der Waals surface area (Å²) in [6.07, 6.45) is -0.738. The number of hydrogen-bond acceptors (Lipinski definition) is 3. The largest absolute Gasteiger partial charge is 0.463 e. The van der Waals surface area contributed by atoms with E-state index in [1.165, 1.54) is 11.1 Å². The lowest BCUT2D eigenvalue weighted by Crippen LogP contribution is -2.28. The number of aryl methyl sites for hydroxylation is 1. The van der Waals surface area contributed by atoms with Crippen molar-refractivity contribution in [2.24, 2.45) is 0 Å². The van der Waals surface area contributed by atoms with E-state index < -0.39 is 6.09 Å². The molecule has 0 unspecified atom stereocenters. The van der Waals surface area contributed by atoms with Crippen molar-refractivity contribution in [1.82, 2.24) is 10.4 Å². The minimum atomic E-state index is -1.32. The van der Waals surface area contributed by atoms with E-state index >= 15 is 0 Å². The van der Waals surface area contributed by atoms with Gasteiger partial charge in [-0.1, -0.05) is 24.3 Å². The van der Waals surface area contributed by atoms with E-state index in [0.717, 1.165) is 6.54 Å². The zero-order chi connectivity index (χ0) is 12.7. The Balaban J connectivity index is 2.17. The Kier molecular flexibility index (Phi) is 5.45. The van der Waals surface area contributed by atoms with Crippen molar-refractivity contribution in [1.29, 1.82) is 0 Å². The van der Waals surface area contributed by atoms with Crippen LogP contribution in [0.3, 0.4) is 0 Å². The fourth-order valence-corrected chi connectivity index (χ4v) is 1.48. The third-order valence-corrected chi connectivity index (χ3v) is 2.52. The molecule has 17 heavy (non-hydrogen) atoms. The number of hydroxylamine groups is 2. The first-order valence-corrected chi connectivity index (χ1v) is 5.56. The van der Waals surface area contributed by atoms with Gasteiger partial charge in [-0.2, -0.15) is 5.06 Å². The van der Waals surface area contributed by atoms with Gasteiger partial charge in [0.05, 0.1) is 6.54 Å². The molecule has 0 aromatic heterocycles. The number of nitrogens with zero attached hydrogens (tertiary/aromatic N) is 1.